The van der Waals surface area contributed by atoms with Gasteiger partial charge in [0.2, 0.25) is 10.0 Å². The monoisotopic (exact) mass is 541 g/mol. The standard InChI is InChI=1S/C19H17Br2N3O2S2/c20-15-4-1-3-14(11-15)18-13-27-19(22-18)23-7-9-24(10-8-23)28(25,26)17-6-2-5-16(21)12-17/h1-6,11-13H,7-10H2. The van der Waals surface area contributed by atoms with E-state index >= 15 is 0 Å². The Labute approximate surface area is 185 Å². The third-order valence-electron chi connectivity index (χ3n) is 4.56. The Bertz CT molecular complexity index is 1090. The summed E-state index contributed by atoms with van der Waals surface area (Å²) in [5, 5.41) is 2.97. The summed E-state index contributed by atoms with van der Waals surface area (Å²) < 4.78 is 29.1. The highest BCUT2D eigenvalue weighted by molar-refractivity contribution is 9.10. The van der Waals surface area contributed by atoms with Crippen molar-refractivity contribution in [3.05, 3.63) is 62.9 Å². The van der Waals surface area contributed by atoms with Gasteiger partial charge in [-0.05, 0) is 30.3 Å². The molecule has 0 spiro atoms. The molecule has 0 amide bonds. The van der Waals surface area contributed by atoms with Gasteiger partial charge in [-0.15, -0.1) is 11.3 Å². The highest BCUT2D eigenvalue weighted by atomic mass is 79.9. The van der Waals surface area contributed by atoms with Gasteiger partial charge in [0.05, 0.1) is 10.6 Å². The Morgan fingerprint density at radius 1 is 0.929 bits per heavy atom. The van der Waals surface area contributed by atoms with Crippen LogP contribution in [-0.4, -0.2) is 43.9 Å². The lowest BCUT2D eigenvalue weighted by atomic mass is 10.2. The molecule has 1 aliphatic rings. The third-order valence-corrected chi connectivity index (χ3v) is 8.34. The van der Waals surface area contributed by atoms with Crippen LogP contribution in [0.4, 0.5) is 5.13 Å². The number of benzene rings is 2. The molecule has 5 nitrogen and oxygen atoms in total. The molecule has 9 heteroatoms. The first-order valence-electron chi connectivity index (χ1n) is 8.65. The molecule has 3 aromatic rings. The number of rotatable bonds is 4. The largest absolute Gasteiger partial charge is 0.345 e. The van der Waals surface area contributed by atoms with E-state index in [-0.39, 0.29) is 0 Å². The van der Waals surface area contributed by atoms with Gasteiger partial charge < -0.3 is 4.90 Å². The molecule has 0 N–H and O–H groups in total. The molecule has 4 rings (SSSR count). The summed E-state index contributed by atoms with van der Waals surface area (Å²) in [5.41, 5.74) is 2.00. The molecule has 2 heterocycles. The van der Waals surface area contributed by atoms with Crippen LogP contribution in [0.25, 0.3) is 11.3 Å². The van der Waals surface area contributed by atoms with Crippen molar-refractivity contribution in [3.63, 3.8) is 0 Å². The zero-order chi connectivity index (χ0) is 19.7. The lowest BCUT2D eigenvalue weighted by Gasteiger charge is -2.33. The fraction of sp³-hybridized carbons (Fsp3) is 0.211. The second kappa shape index (κ2) is 8.23. The molecule has 28 heavy (non-hydrogen) atoms. The van der Waals surface area contributed by atoms with Gasteiger partial charge in [0.15, 0.2) is 5.13 Å². The molecule has 1 aliphatic heterocycles. The number of piperazine rings is 1. The summed E-state index contributed by atoms with van der Waals surface area (Å²) in [7, 11) is -3.48. The van der Waals surface area contributed by atoms with E-state index in [0.717, 1.165) is 25.3 Å². The predicted octanol–water partition coefficient (Wildman–Crippen LogP) is 4.85. The molecule has 0 unspecified atom stereocenters. The quantitative estimate of drug-likeness (QED) is 0.473. The van der Waals surface area contributed by atoms with Crippen LogP contribution in [0.3, 0.4) is 0 Å². The van der Waals surface area contributed by atoms with Crippen molar-refractivity contribution < 1.29 is 8.42 Å². The van der Waals surface area contributed by atoms with Crippen LogP contribution in [-0.2, 0) is 10.0 Å². The van der Waals surface area contributed by atoms with Crippen LogP contribution < -0.4 is 4.90 Å². The zero-order valence-corrected chi connectivity index (χ0v) is 19.6. The fourth-order valence-corrected chi connectivity index (χ4v) is 6.39. The minimum atomic E-state index is -3.48. The number of thiazole rings is 1. The molecule has 1 saturated heterocycles. The van der Waals surface area contributed by atoms with Crippen LogP contribution in [0, 0.1) is 0 Å². The van der Waals surface area contributed by atoms with Gasteiger partial charge in [-0.1, -0.05) is 50.1 Å². The first kappa shape index (κ1) is 20.0. The lowest BCUT2D eigenvalue weighted by molar-refractivity contribution is 0.385. The van der Waals surface area contributed by atoms with E-state index in [4.69, 9.17) is 4.98 Å². The first-order valence-corrected chi connectivity index (χ1v) is 12.6. The van der Waals surface area contributed by atoms with Crippen molar-refractivity contribution >= 4 is 58.4 Å². The van der Waals surface area contributed by atoms with E-state index in [1.807, 2.05) is 35.7 Å². The van der Waals surface area contributed by atoms with Crippen LogP contribution >= 0.6 is 43.2 Å². The van der Waals surface area contributed by atoms with Crippen molar-refractivity contribution in [1.29, 1.82) is 0 Å². The number of nitrogens with zero attached hydrogens (tertiary/aromatic N) is 3. The highest BCUT2D eigenvalue weighted by Crippen LogP contribution is 2.30. The van der Waals surface area contributed by atoms with Gasteiger partial charge in [-0.3, -0.25) is 0 Å². The molecule has 146 valence electrons. The predicted molar refractivity (Wildman–Crippen MR) is 120 cm³/mol. The smallest absolute Gasteiger partial charge is 0.243 e. The minimum Gasteiger partial charge on any atom is -0.345 e. The van der Waals surface area contributed by atoms with Crippen molar-refractivity contribution in [2.24, 2.45) is 0 Å². The molecule has 0 bridgehead atoms. The van der Waals surface area contributed by atoms with Gasteiger partial charge >= 0.3 is 0 Å². The maximum Gasteiger partial charge on any atom is 0.243 e. The zero-order valence-electron chi connectivity index (χ0n) is 14.8. The number of anilines is 1. The van der Waals surface area contributed by atoms with E-state index in [0.29, 0.717) is 31.1 Å². The number of hydrogen-bond acceptors (Lipinski definition) is 5. The van der Waals surface area contributed by atoms with E-state index in [1.54, 1.807) is 33.8 Å². The Balaban J connectivity index is 1.46. The molecule has 0 saturated carbocycles. The van der Waals surface area contributed by atoms with Crippen molar-refractivity contribution in [2.45, 2.75) is 4.90 Å². The molecular weight excluding hydrogens is 526 g/mol. The summed E-state index contributed by atoms with van der Waals surface area (Å²) in [5.74, 6) is 0. The molecule has 0 atom stereocenters. The molecule has 2 aromatic carbocycles. The molecule has 0 radical (unpaired) electrons. The Kier molecular flexibility index (Phi) is 5.89. The second-order valence-corrected chi connectivity index (χ2v) is 11.0. The van der Waals surface area contributed by atoms with E-state index in [1.165, 1.54) is 0 Å². The van der Waals surface area contributed by atoms with E-state index < -0.39 is 10.0 Å². The highest BCUT2D eigenvalue weighted by Gasteiger charge is 2.29. The van der Waals surface area contributed by atoms with Crippen LogP contribution in [0.5, 0.6) is 0 Å². The first-order chi connectivity index (χ1) is 13.4. The number of halogens is 2. The fourth-order valence-electron chi connectivity index (χ4n) is 3.09. The SMILES string of the molecule is O=S(=O)(c1cccc(Br)c1)N1CCN(c2nc(-c3cccc(Br)c3)cs2)CC1. The molecule has 0 aliphatic carbocycles. The van der Waals surface area contributed by atoms with Gasteiger partial charge in [0.1, 0.15) is 0 Å². The molecule has 1 aromatic heterocycles. The summed E-state index contributed by atoms with van der Waals surface area (Å²) in [4.78, 5) is 7.22. The second-order valence-electron chi connectivity index (χ2n) is 6.37. The summed E-state index contributed by atoms with van der Waals surface area (Å²) in [6, 6.07) is 14.9. The maximum absolute atomic E-state index is 12.9. The maximum atomic E-state index is 12.9. The minimum absolute atomic E-state index is 0.321. The average molecular weight is 543 g/mol. The Morgan fingerprint density at radius 3 is 2.29 bits per heavy atom. The topological polar surface area (TPSA) is 53.5 Å². The average Bonchev–Trinajstić information content (AvgIpc) is 3.18. The van der Waals surface area contributed by atoms with E-state index in [2.05, 4.69) is 36.8 Å². The number of sulfonamides is 1. The normalized spacial score (nSPS) is 15.7. The van der Waals surface area contributed by atoms with Gasteiger partial charge in [0.25, 0.3) is 0 Å². The van der Waals surface area contributed by atoms with Crippen molar-refractivity contribution in [1.82, 2.24) is 9.29 Å². The van der Waals surface area contributed by atoms with E-state index in [9.17, 15) is 8.42 Å². The number of aromatic nitrogens is 1. The summed E-state index contributed by atoms with van der Waals surface area (Å²) in [6.45, 7) is 2.14. The van der Waals surface area contributed by atoms with Crippen molar-refractivity contribution in [3.8, 4) is 11.3 Å². The summed E-state index contributed by atoms with van der Waals surface area (Å²) in [6.07, 6.45) is 0. The Hall–Kier alpha value is -1.26. The Morgan fingerprint density at radius 2 is 1.61 bits per heavy atom. The molecular formula is C19H17Br2N3O2S2. The van der Waals surface area contributed by atoms with Crippen LogP contribution in [0.1, 0.15) is 0 Å². The van der Waals surface area contributed by atoms with Crippen LogP contribution in [0.15, 0.2) is 67.8 Å². The van der Waals surface area contributed by atoms with Crippen LogP contribution in [0.2, 0.25) is 0 Å². The third kappa shape index (κ3) is 4.18. The van der Waals surface area contributed by atoms with Gasteiger partial charge in [-0.25, -0.2) is 13.4 Å². The lowest BCUT2D eigenvalue weighted by Crippen LogP contribution is -2.48. The van der Waals surface area contributed by atoms with Gasteiger partial charge in [-0.2, -0.15) is 4.31 Å². The van der Waals surface area contributed by atoms with Crippen molar-refractivity contribution in [2.75, 3.05) is 31.1 Å². The van der Waals surface area contributed by atoms with Gasteiger partial charge in [0, 0.05) is 46.1 Å². The number of hydrogen-bond donors (Lipinski definition) is 0. The molecule has 1 fully saturated rings. The summed E-state index contributed by atoms with van der Waals surface area (Å²) >= 11 is 8.42.